The van der Waals surface area contributed by atoms with Crippen LogP contribution >= 0.6 is 0 Å². The summed E-state index contributed by atoms with van der Waals surface area (Å²) < 4.78 is 30.9. The SMILES string of the molecule is O=C(O)C1CN(C(=O)CCc2ccc(F)c(F)c2)CCO1. The zero-order valence-electron chi connectivity index (χ0n) is 11.2. The van der Waals surface area contributed by atoms with Crippen LogP contribution in [0.2, 0.25) is 0 Å². The van der Waals surface area contributed by atoms with E-state index >= 15 is 0 Å². The number of carbonyl (C=O) groups is 2. The lowest BCUT2D eigenvalue weighted by atomic mass is 10.1. The molecule has 7 heteroatoms. The van der Waals surface area contributed by atoms with Crippen molar-refractivity contribution in [3.05, 3.63) is 35.4 Å². The molecular weight excluding hydrogens is 284 g/mol. The predicted molar refractivity (Wildman–Crippen MR) is 68.6 cm³/mol. The molecule has 0 spiro atoms. The first-order valence-corrected chi connectivity index (χ1v) is 6.53. The number of aliphatic carboxylic acids is 1. The van der Waals surface area contributed by atoms with E-state index in [2.05, 4.69) is 0 Å². The van der Waals surface area contributed by atoms with Gasteiger partial charge in [-0.2, -0.15) is 0 Å². The molecule has 1 atom stereocenters. The van der Waals surface area contributed by atoms with Crippen LogP contribution in [0, 0.1) is 11.6 Å². The maximum Gasteiger partial charge on any atom is 0.334 e. The zero-order valence-corrected chi connectivity index (χ0v) is 11.2. The zero-order chi connectivity index (χ0) is 15.4. The number of aryl methyl sites for hydroxylation is 1. The van der Waals surface area contributed by atoms with Gasteiger partial charge in [0.15, 0.2) is 17.7 Å². The monoisotopic (exact) mass is 299 g/mol. The van der Waals surface area contributed by atoms with Crippen molar-refractivity contribution in [3.63, 3.8) is 0 Å². The van der Waals surface area contributed by atoms with Crippen LogP contribution in [-0.2, 0) is 20.7 Å². The minimum absolute atomic E-state index is 0.00590. The summed E-state index contributed by atoms with van der Waals surface area (Å²) in [6.45, 7) is 0.514. The Balaban J connectivity index is 1.89. The van der Waals surface area contributed by atoms with Crippen molar-refractivity contribution in [2.45, 2.75) is 18.9 Å². The molecule has 0 saturated carbocycles. The fourth-order valence-electron chi connectivity index (χ4n) is 2.13. The quantitative estimate of drug-likeness (QED) is 0.907. The molecule has 114 valence electrons. The number of hydrogen-bond donors (Lipinski definition) is 1. The van der Waals surface area contributed by atoms with E-state index in [9.17, 15) is 18.4 Å². The third-order valence-corrected chi connectivity index (χ3v) is 3.31. The van der Waals surface area contributed by atoms with Gasteiger partial charge in [-0.25, -0.2) is 13.6 Å². The number of hydrogen-bond acceptors (Lipinski definition) is 3. The van der Waals surface area contributed by atoms with Crippen molar-refractivity contribution >= 4 is 11.9 Å². The number of carbonyl (C=O) groups excluding carboxylic acids is 1. The van der Waals surface area contributed by atoms with Crippen LogP contribution in [0.5, 0.6) is 0 Å². The van der Waals surface area contributed by atoms with Crippen molar-refractivity contribution in [1.29, 1.82) is 0 Å². The molecule has 1 aromatic rings. The summed E-state index contributed by atoms with van der Waals surface area (Å²) >= 11 is 0. The van der Waals surface area contributed by atoms with E-state index in [0.29, 0.717) is 12.1 Å². The van der Waals surface area contributed by atoms with Gasteiger partial charge in [-0.1, -0.05) is 6.07 Å². The molecule has 21 heavy (non-hydrogen) atoms. The second kappa shape index (κ2) is 6.62. The van der Waals surface area contributed by atoms with E-state index in [-0.39, 0.29) is 31.9 Å². The molecule has 1 saturated heterocycles. The summed E-state index contributed by atoms with van der Waals surface area (Å²) in [5, 5.41) is 8.86. The fraction of sp³-hybridized carbons (Fsp3) is 0.429. The molecule has 2 rings (SSSR count). The molecule has 1 fully saturated rings. The fourth-order valence-corrected chi connectivity index (χ4v) is 2.13. The van der Waals surface area contributed by atoms with Gasteiger partial charge in [-0.15, -0.1) is 0 Å². The topological polar surface area (TPSA) is 66.8 Å². The average molecular weight is 299 g/mol. The van der Waals surface area contributed by atoms with Crippen LogP contribution in [-0.4, -0.2) is 47.7 Å². The van der Waals surface area contributed by atoms with Crippen LogP contribution < -0.4 is 0 Å². The van der Waals surface area contributed by atoms with Gasteiger partial charge in [0.2, 0.25) is 5.91 Å². The van der Waals surface area contributed by atoms with E-state index < -0.39 is 23.7 Å². The van der Waals surface area contributed by atoms with Gasteiger partial charge in [0.05, 0.1) is 13.2 Å². The number of amides is 1. The highest BCUT2D eigenvalue weighted by molar-refractivity contribution is 5.78. The summed E-state index contributed by atoms with van der Waals surface area (Å²) in [4.78, 5) is 24.3. The second-order valence-corrected chi connectivity index (χ2v) is 4.79. The molecule has 5 nitrogen and oxygen atoms in total. The Morgan fingerprint density at radius 2 is 2.10 bits per heavy atom. The van der Waals surface area contributed by atoms with Gasteiger partial charge in [-0.3, -0.25) is 4.79 Å². The Morgan fingerprint density at radius 1 is 1.33 bits per heavy atom. The maximum atomic E-state index is 13.0. The van der Waals surface area contributed by atoms with Gasteiger partial charge < -0.3 is 14.7 Å². The van der Waals surface area contributed by atoms with E-state index in [4.69, 9.17) is 9.84 Å². The number of nitrogens with zero attached hydrogens (tertiary/aromatic N) is 1. The Kier molecular flexibility index (Phi) is 4.85. The summed E-state index contributed by atoms with van der Waals surface area (Å²) in [7, 11) is 0. The number of carboxylic acids is 1. The lowest BCUT2D eigenvalue weighted by molar-refractivity contribution is -0.159. The van der Waals surface area contributed by atoms with Gasteiger partial charge in [0.1, 0.15) is 0 Å². The number of morpholine rings is 1. The summed E-state index contributed by atoms with van der Waals surface area (Å²) in [6.07, 6.45) is -0.631. The first-order chi connectivity index (χ1) is 9.97. The van der Waals surface area contributed by atoms with E-state index in [0.717, 1.165) is 12.1 Å². The molecular formula is C14H15F2NO4. The van der Waals surface area contributed by atoms with Crippen LogP contribution in [0.3, 0.4) is 0 Å². The van der Waals surface area contributed by atoms with E-state index in [1.165, 1.54) is 11.0 Å². The molecule has 1 heterocycles. The number of halogens is 2. The smallest absolute Gasteiger partial charge is 0.334 e. The second-order valence-electron chi connectivity index (χ2n) is 4.79. The average Bonchev–Trinajstić information content (AvgIpc) is 2.48. The van der Waals surface area contributed by atoms with Crippen LogP contribution in [0.4, 0.5) is 8.78 Å². The van der Waals surface area contributed by atoms with Crippen molar-refractivity contribution in [1.82, 2.24) is 4.90 Å². The van der Waals surface area contributed by atoms with Gasteiger partial charge in [-0.05, 0) is 24.1 Å². The Labute approximate surface area is 120 Å². The summed E-state index contributed by atoms with van der Waals surface area (Å²) in [5.41, 5.74) is 0.519. The van der Waals surface area contributed by atoms with Crippen LogP contribution in [0.15, 0.2) is 18.2 Å². The molecule has 1 unspecified atom stereocenters. The third kappa shape index (κ3) is 3.98. The van der Waals surface area contributed by atoms with E-state index in [1.807, 2.05) is 0 Å². The molecule has 0 radical (unpaired) electrons. The molecule has 0 aromatic heterocycles. The largest absolute Gasteiger partial charge is 0.479 e. The Morgan fingerprint density at radius 3 is 2.76 bits per heavy atom. The van der Waals surface area contributed by atoms with Crippen LogP contribution in [0.1, 0.15) is 12.0 Å². The summed E-state index contributed by atoms with van der Waals surface area (Å²) in [6, 6.07) is 3.50. The van der Waals surface area contributed by atoms with Crippen molar-refractivity contribution in [2.75, 3.05) is 19.7 Å². The molecule has 0 aliphatic carbocycles. The normalized spacial score (nSPS) is 18.6. The van der Waals surface area contributed by atoms with Crippen molar-refractivity contribution in [2.24, 2.45) is 0 Å². The molecule has 0 bridgehead atoms. The molecule has 1 aliphatic heterocycles. The minimum Gasteiger partial charge on any atom is -0.479 e. The lowest BCUT2D eigenvalue weighted by Gasteiger charge is -2.30. The highest BCUT2D eigenvalue weighted by Gasteiger charge is 2.28. The van der Waals surface area contributed by atoms with Crippen molar-refractivity contribution in [3.8, 4) is 0 Å². The van der Waals surface area contributed by atoms with Gasteiger partial charge in [0, 0.05) is 13.0 Å². The minimum atomic E-state index is -1.10. The van der Waals surface area contributed by atoms with Crippen molar-refractivity contribution < 1.29 is 28.2 Å². The molecule has 1 aliphatic rings. The predicted octanol–water partition coefficient (Wildman–Crippen LogP) is 1.21. The summed E-state index contributed by atoms with van der Waals surface area (Å²) in [5.74, 6) is -3.21. The number of carboxylic acid groups (broad SMARTS) is 1. The molecule has 1 aromatic carbocycles. The first-order valence-electron chi connectivity index (χ1n) is 6.53. The molecule has 1 N–H and O–H groups in total. The number of rotatable bonds is 4. The first kappa shape index (κ1) is 15.4. The number of benzene rings is 1. The highest BCUT2D eigenvalue weighted by Crippen LogP contribution is 2.12. The maximum absolute atomic E-state index is 13.0. The Bertz CT molecular complexity index is 550. The van der Waals surface area contributed by atoms with E-state index in [1.54, 1.807) is 0 Å². The molecule has 1 amide bonds. The third-order valence-electron chi connectivity index (χ3n) is 3.31. The standard InChI is InChI=1S/C14H15F2NO4/c15-10-3-1-9(7-11(10)16)2-4-13(18)17-5-6-21-12(8-17)14(19)20/h1,3,7,12H,2,4-6,8H2,(H,19,20). The van der Waals surface area contributed by atoms with Crippen LogP contribution in [0.25, 0.3) is 0 Å². The van der Waals surface area contributed by atoms with Gasteiger partial charge >= 0.3 is 5.97 Å². The lowest BCUT2D eigenvalue weighted by Crippen LogP contribution is -2.48. The Hall–Kier alpha value is -2.02. The van der Waals surface area contributed by atoms with Gasteiger partial charge in [0.25, 0.3) is 0 Å². The highest BCUT2D eigenvalue weighted by atomic mass is 19.2. The number of ether oxygens (including phenoxy) is 1.